The summed E-state index contributed by atoms with van der Waals surface area (Å²) >= 11 is 0. The van der Waals surface area contributed by atoms with Crippen LogP contribution in [-0.2, 0) is 4.79 Å². The number of halogens is 1. The van der Waals surface area contributed by atoms with E-state index in [0.29, 0.717) is 35.9 Å². The Morgan fingerprint density at radius 1 is 1.06 bits per heavy atom. The number of carbonyl (C=O) groups excluding carboxylic acids is 1. The van der Waals surface area contributed by atoms with Gasteiger partial charge >= 0.3 is 5.97 Å². The van der Waals surface area contributed by atoms with Crippen LogP contribution in [0.15, 0.2) is 65.1 Å². The van der Waals surface area contributed by atoms with Crippen molar-refractivity contribution in [3.8, 4) is 11.1 Å². The number of aliphatic carboxylic acids is 1. The molecule has 0 spiro atoms. The summed E-state index contributed by atoms with van der Waals surface area (Å²) in [6.07, 6.45) is 1.48. The highest BCUT2D eigenvalue weighted by Crippen LogP contribution is 2.39. The van der Waals surface area contributed by atoms with E-state index in [1.165, 1.54) is 6.07 Å². The number of carbonyl (C=O) groups is 2. The Morgan fingerprint density at radius 3 is 2.59 bits per heavy atom. The molecule has 2 atom stereocenters. The van der Waals surface area contributed by atoms with Crippen LogP contribution in [0.1, 0.15) is 35.2 Å². The van der Waals surface area contributed by atoms with E-state index in [4.69, 9.17) is 4.42 Å². The van der Waals surface area contributed by atoms with Gasteiger partial charge in [-0.1, -0.05) is 48.9 Å². The van der Waals surface area contributed by atoms with Crippen molar-refractivity contribution in [2.75, 3.05) is 5.32 Å². The van der Waals surface area contributed by atoms with Crippen molar-refractivity contribution in [3.05, 3.63) is 77.6 Å². The Labute approximate surface area is 195 Å². The molecule has 172 valence electrons. The van der Waals surface area contributed by atoms with Gasteiger partial charge in [0.05, 0.1) is 17.2 Å². The maximum Gasteiger partial charge on any atom is 0.307 e. The lowest BCUT2D eigenvalue weighted by atomic mass is 9.87. The number of hydrogen-bond donors (Lipinski definition) is 2. The van der Waals surface area contributed by atoms with Crippen molar-refractivity contribution >= 4 is 34.6 Å². The number of anilines is 2. The summed E-state index contributed by atoms with van der Waals surface area (Å²) in [5.41, 5.74) is 3.41. The van der Waals surface area contributed by atoms with Crippen LogP contribution in [0.4, 0.5) is 16.1 Å². The number of carboxylic acids is 1. The Balaban J connectivity index is 1.59. The minimum absolute atomic E-state index is 0.0604. The SMILES string of the molecule is Cc1ccc2oc(Nc3c(-c4ccccc4)ccc(C(=O)[C@@H]4CCC[C@H]4C(=O)O)c3F)nc2c1. The van der Waals surface area contributed by atoms with Crippen molar-refractivity contribution in [2.24, 2.45) is 11.8 Å². The Hall–Kier alpha value is -4.00. The molecule has 4 aromatic rings. The zero-order valence-corrected chi connectivity index (χ0v) is 18.5. The van der Waals surface area contributed by atoms with E-state index in [9.17, 15) is 14.7 Å². The predicted octanol–water partition coefficient (Wildman–Crippen LogP) is 6.37. The van der Waals surface area contributed by atoms with Gasteiger partial charge in [0.2, 0.25) is 0 Å². The molecule has 0 bridgehead atoms. The van der Waals surface area contributed by atoms with Crippen molar-refractivity contribution in [1.82, 2.24) is 4.98 Å². The van der Waals surface area contributed by atoms with Gasteiger partial charge in [0.25, 0.3) is 6.01 Å². The fourth-order valence-electron chi connectivity index (χ4n) is 4.71. The normalized spacial score (nSPS) is 17.7. The number of oxazole rings is 1. The molecular formula is C27H23FN2O4. The Kier molecular flexibility index (Phi) is 5.61. The van der Waals surface area contributed by atoms with Crippen LogP contribution in [0.2, 0.25) is 0 Å². The van der Waals surface area contributed by atoms with E-state index >= 15 is 4.39 Å². The first-order valence-electron chi connectivity index (χ1n) is 11.2. The van der Waals surface area contributed by atoms with Gasteiger partial charge in [0.15, 0.2) is 17.2 Å². The Morgan fingerprint density at radius 2 is 1.82 bits per heavy atom. The van der Waals surface area contributed by atoms with Gasteiger partial charge in [-0.25, -0.2) is 4.39 Å². The van der Waals surface area contributed by atoms with E-state index in [-0.39, 0.29) is 17.3 Å². The van der Waals surface area contributed by atoms with Gasteiger partial charge in [-0.2, -0.15) is 4.98 Å². The molecule has 34 heavy (non-hydrogen) atoms. The van der Waals surface area contributed by atoms with E-state index < -0.39 is 29.4 Å². The number of carboxylic acid groups (broad SMARTS) is 1. The molecule has 0 aliphatic heterocycles. The first-order chi connectivity index (χ1) is 16.4. The van der Waals surface area contributed by atoms with Crippen LogP contribution in [0.25, 0.3) is 22.2 Å². The standard InChI is InChI=1S/C27H23FN2O4/c1-15-10-13-22-21(14-15)29-27(34-22)30-24-17(16-6-3-2-4-7-16)11-12-20(23(24)28)25(31)18-8-5-9-19(18)26(32)33/h2-4,6-7,10-14,18-19H,5,8-9H2,1H3,(H,29,30)(H,32,33)/t18-,19-/m1/s1. The molecule has 5 rings (SSSR count). The molecule has 1 heterocycles. The van der Waals surface area contributed by atoms with Gasteiger partial charge < -0.3 is 14.8 Å². The number of rotatable bonds is 6. The smallest absolute Gasteiger partial charge is 0.307 e. The van der Waals surface area contributed by atoms with Crippen LogP contribution in [-0.4, -0.2) is 21.8 Å². The van der Waals surface area contributed by atoms with E-state index in [0.717, 1.165) is 11.1 Å². The molecule has 2 N–H and O–H groups in total. The molecule has 0 saturated heterocycles. The van der Waals surface area contributed by atoms with Gasteiger partial charge in [0.1, 0.15) is 5.52 Å². The fraction of sp³-hybridized carbons (Fsp3) is 0.222. The quantitative estimate of drug-likeness (QED) is 0.326. The van der Waals surface area contributed by atoms with Gasteiger partial charge in [-0.3, -0.25) is 9.59 Å². The third kappa shape index (κ3) is 3.94. The van der Waals surface area contributed by atoms with Crippen LogP contribution in [0.5, 0.6) is 0 Å². The Bertz CT molecular complexity index is 1400. The number of nitrogens with zero attached hydrogens (tertiary/aromatic N) is 1. The number of Topliss-reactive ketones (excluding diaryl/α,β-unsaturated/α-hetero) is 1. The van der Waals surface area contributed by atoms with Gasteiger partial charge in [-0.15, -0.1) is 0 Å². The number of benzene rings is 3. The minimum atomic E-state index is -1.02. The largest absolute Gasteiger partial charge is 0.481 e. The third-order valence-corrected chi connectivity index (χ3v) is 6.44. The second-order valence-electron chi connectivity index (χ2n) is 8.68. The van der Waals surface area contributed by atoms with Crippen molar-refractivity contribution in [2.45, 2.75) is 26.2 Å². The number of fused-ring (bicyclic) bond motifs is 1. The van der Waals surface area contributed by atoms with Gasteiger partial charge in [0, 0.05) is 11.5 Å². The average Bonchev–Trinajstić information content (AvgIpc) is 3.47. The highest BCUT2D eigenvalue weighted by atomic mass is 19.1. The monoisotopic (exact) mass is 458 g/mol. The maximum atomic E-state index is 16.0. The first-order valence-corrected chi connectivity index (χ1v) is 11.2. The van der Waals surface area contributed by atoms with Crippen molar-refractivity contribution in [3.63, 3.8) is 0 Å². The molecule has 7 heteroatoms. The van der Waals surface area contributed by atoms with Crippen molar-refractivity contribution in [1.29, 1.82) is 0 Å². The summed E-state index contributed by atoms with van der Waals surface area (Å²) in [6, 6.07) is 18.0. The van der Waals surface area contributed by atoms with Crippen LogP contribution in [0.3, 0.4) is 0 Å². The molecule has 1 aliphatic carbocycles. The number of hydrogen-bond acceptors (Lipinski definition) is 5. The molecule has 1 aliphatic rings. The molecular weight excluding hydrogens is 435 g/mol. The third-order valence-electron chi connectivity index (χ3n) is 6.44. The summed E-state index contributed by atoms with van der Waals surface area (Å²) in [6.45, 7) is 1.94. The molecule has 3 aromatic carbocycles. The summed E-state index contributed by atoms with van der Waals surface area (Å²) in [4.78, 5) is 29.3. The lowest BCUT2D eigenvalue weighted by Crippen LogP contribution is -2.26. The second kappa shape index (κ2) is 8.74. The van der Waals surface area contributed by atoms with E-state index in [1.54, 1.807) is 12.1 Å². The summed E-state index contributed by atoms with van der Waals surface area (Å²) in [5.74, 6) is -3.79. The fourth-order valence-corrected chi connectivity index (χ4v) is 4.71. The van der Waals surface area contributed by atoms with Gasteiger partial charge in [-0.05, 0) is 49.1 Å². The van der Waals surface area contributed by atoms with Crippen molar-refractivity contribution < 1.29 is 23.5 Å². The lowest BCUT2D eigenvalue weighted by molar-refractivity contribution is -0.142. The summed E-state index contributed by atoms with van der Waals surface area (Å²) < 4.78 is 21.7. The summed E-state index contributed by atoms with van der Waals surface area (Å²) in [7, 11) is 0. The topological polar surface area (TPSA) is 92.4 Å². The summed E-state index contributed by atoms with van der Waals surface area (Å²) in [5, 5.41) is 12.4. The molecule has 1 aromatic heterocycles. The number of aryl methyl sites for hydroxylation is 1. The first kappa shape index (κ1) is 21.8. The molecule has 0 unspecified atom stereocenters. The molecule has 6 nitrogen and oxygen atoms in total. The average molecular weight is 458 g/mol. The zero-order valence-electron chi connectivity index (χ0n) is 18.5. The molecule has 0 amide bonds. The highest BCUT2D eigenvalue weighted by Gasteiger charge is 2.39. The zero-order chi connectivity index (χ0) is 23.8. The minimum Gasteiger partial charge on any atom is -0.481 e. The van der Waals surface area contributed by atoms with Crippen LogP contribution in [0, 0.1) is 24.6 Å². The number of aromatic nitrogens is 1. The molecule has 1 fully saturated rings. The van der Waals surface area contributed by atoms with Crippen LogP contribution < -0.4 is 5.32 Å². The molecule has 0 radical (unpaired) electrons. The van der Waals surface area contributed by atoms with E-state index in [1.807, 2.05) is 49.4 Å². The number of ketones is 1. The molecule has 1 saturated carbocycles. The number of nitrogens with one attached hydrogen (secondary N) is 1. The maximum absolute atomic E-state index is 16.0. The second-order valence-corrected chi connectivity index (χ2v) is 8.68. The predicted molar refractivity (Wildman–Crippen MR) is 127 cm³/mol. The lowest BCUT2D eigenvalue weighted by Gasteiger charge is -2.18. The van der Waals surface area contributed by atoms with E-state index in [2.05, 4.69) is 10.3 Å². The highest BCUT2D eigenvalue weighted by molar-refractivity contribution is 6.02. The van der Waals surface area contributed by atoms with Crippen LogP contribution >= 0.6 is 0 Å².